The predicted octanol–water partition coefficient (Wildman–Crippen LogP) is 1.41. The fourth-order valence-corrected chi connectivity index (χ4v) is 2.57. The number of hydrogen-bond donors (Lipinski definition) is 3. The fourth-order valence-electron chi connectivity index (χ4n) is 1.45. The lowest BCUT2D eigenvalue weighted by atomic mass is 10.3. The van der Waals surface area contributed by atoms with Gasteiger partial charge in [0.25, 0.3) is 10.0 Å². The van der Waals surface area contributed by atoms with Crippen LogP contribution in [0.2, 0.25) is 0 Å². The van der Waals surface area contributed by atoms with Gasteiger partial charge in [0.2, 0.25) is 0 Å². The van der Waals surface area contributed by atoms with Gasteiger partial charge in [-0.15, -0.1) is 0 Å². The lowest BCUT2D eigenvalue weighted by molar-refractivity contribution is 0.601. The summed E-state index contributed by atoms with van der Waals surface area (Å²) in [6, 6.07) is 6.10. The van der Waals surface area contributed by atoms with Crippen LogP contribution in [0.4, 0.5) is 11.5 Å². The van der Waals surface area contributed by atoms with E-state index in [0.717, 1.165) is 11.3 Å². The van der Waals surface area contributed by atoms with Crippen molar-refractivity contribution in [1.29, 1.82) is 0 Å². The molecule has 6 nitrogen and oxygen atoms in total. The molecule has 0 saturated heterocycles. The first kappa shape index (κ1) is 12.4. The molecule has 0 spiro atoms. The SMILES string of the molecule is Cc1[nH]nc(NS(=O)(=O)c2cccc(N)c2)c1C. The predicted molar refractivity (Wildman–Crippen MR) is 69.7 cm³/mol. The van der Waals surface area contributed by atoms with Gasteiger partial charge < -0.3 is 5.73 Å². The van der Waals surface area contributed by atoms with Gasteiger partial charge in [-0.1, -0.05) is 6.07 Å². The molecule has 0 saturated carbocycles. The highest BCUT2D eigenvalue weighted by Gasteiger charge is 2.17. The van der Waals surface area contributed by atoms with Crippen molar-refractivity contribution in [3.05, 3.63) is 35.5 Å². The number of hydrogen-bond acceptors (Lipinski definition) is 4. The van der Waals surface area contributed by atoms with Gasteiger partial charge in [0, 0.05) is 16.9 Å². The molecule has 1 heterocycles. The summed E-state index contributed by atoms with van der Waals surface area (Å²) in [5, 5.41) is 6.62. The molecule has 18 heavy (non-hydrogen) atoms. The fraction of sp³-hybridized carbons (Fsp3) is 0.182. The largest absolute Gasteiger partial charge is 0.399 e. The van der Waals surface area contributed by atoms with E-state index in [9.17, 15) is 8.42 Å². The monoisotopic (exact) mass is 266 g/mol. The van der Waals surface area contributed by atoms with E-state index in [0.29, 0.717) is 11.5 Å². The minimum Gasteiger partial charge on any atom is -0.399 e. The molecule has 0 atom stereocenters. The summed E-state index contributed by atoms with van der Waals surface area (Å²) in [7, 11) is -3.66. The van der Waals surface area contributed by atoms with Crippen LogP contribution in [-0.2, 0) is 10.0 Å². The molecule has 2 rings (SSSR count). The highest BCUT2D eigenvalue weighted by Crippen LogP contribution is 2.20. The molecule has 0 radical (unpaired) electrons. The Balaban J connectivity index is 2.36. The van der Waals surface area contributed by atoms with Gasteiger partial charge in [0.1, 0.15) is 0 Å². The first-order valence-electron chi connectivity index (χ1n) is 5.30. The van der Waals surface area contributed by atoms with Crippen LogP contribution < -0.4 is 10.5 Å². The Labute approximate surface area is 105 Å². The smallest absolute Gasteiger partial charge is 0.263 e. The Kier molecular flexibility index (Phi) is 3.00. The molecule has 7 heteroatoms. The van der Waals surface area contributed by atoms with E-state index in [1.54, 1.807) is 19.1 Å². The molecule has 1 aromatic carbocycles. The first-order valence-corrected chi connectivity index (χ1v) is 6.78. The molecule has 2 aromatic rings. The van der Waals surface area contributed by atoms with Crippen molar-refractivity contribution in [2.45, 2.75) is 18.7 Å². The number of anilines is 2. The van der Waals surface area contributed by atoms with Crippen molar-refractivity contribution in [3.8, 4) is 0 Å². The van der Waals surface area contributed by atoms with E-state index < -0.39 is 10.0 Å². The minimum absolute atomic E-state index is 0.113. The second kappa shape index (κ2) is 4.34. The Hall–Kier alpha value is -2.02. The van der Waals surface area contributed by atoms with Gasteiger partial charge in [-0.3, -0.25) is 9.82 Å². The van der Waals surface area contributed by atoms with E-state index >= 15 is 0 Å². The standard InChI is InChI=1S/C11H14N4O2S/c1-7-8(2)13-14-11(7)15-18(16,17)10-5-3-4-9(12)6-10/h3-6H,12H2,1-2H3,(H2,13,14,15). The lowest BCUT2D eigenvalue weighted by Crippen LogP contribution is -2.14. The van der Waals surface area contributed by atoms with Crippen LogP contribution in [0, 0.1) is 13.8 Å². The third kappa shape index (κ3) is 2.30. The summed E-state index contributed by atoms with van der Waals surface area (Å²) in [5.41, 5.74) is 7.55. The molecule has 96 valence electrons. The second-order valence-corrected chi connectivity index (χ2v) is 5.68. The van der Waals surface area contributed by atoms with Crippen molar-refractivity contribution in [1.82, 2.24) is 10.2 Å². The Morgan fingerprint density at radius 3 is 2.61 bits per heavy atom. The Morgan fingerprint density at radius 1 is 1.33 bits per heavy atom. The number of benzene rings is 1. The first-order chi connectivity index (χ1) is 8.40. The molecule has 0 bridgehead atoms. The summed E-state index contributed by atoms with van der Waals surface area (Å²) >= 11 is 0. The van der Waals surface area contributed by atoms with Crippen LogP contribution >= 0.6 is 0 Å². The molecule has 0 aliphatic heterocycles. The summed E-state index contributed by atoms with van der Waals surface area (Å²) in [4.78, 5) is 0.113. The van der Waals surface area contributed by atoms with E-state index in [2.05, 4.69) is 14.9 Å². The van der Waals surface area contributed by atoms with Crippen LogP contribution in [-0.4, -0.2) is 18.6 Å². The van der Waals surface area contributed by atoms with Crippen molar-refractivity contribution in [3.63, 3.8) is 0 Å². The van der Waals surface area contributed by atoms with Gasteiger partial charge in [-0.2, -0.15) is 5.10 Å². The van der Waals surface area contributed by atoms with Crippen LogP contribution in [0.25, 0.3) is 0 Å². The zero-order valence-electron chi connectivity index (χ0n) is 10.1. The summed E-state index contributed by atoms with van der Waals surface area (Å²) in [6.07, 6.45) is 0. The number of aryl methyl sites for hydroxylation is 1. The summed E-state index contributed by atoms with van der Waals surface area (Å²) in [5.74, 6) is 0.301. The van der Waals surface area contributed by atoms with Gasteiger partial charge >= 0.3 is 0 Å². The Bertz CT molecular complexity index is 676. The van der Waals surface area contributed by atoms with Crippen LogP contribution in [0.15, 0.2) is 29.2 Å². The highest BCUT2D eigenvalue weighted by atomic mass is 32.2. The molecule has 1 aromatic heterocycles. The maximum atomic E-state index is 12.1. The molecular formula is C11H14N4O2S. The number of rotatable bonds is 3. The molecule has 0 unspecified atom stereocenters. The van der Waals surface area contributed by atoms with Crippen molar-refractivity contribution >= 4 is 21.5 Å². The van der Waals surface area contributed by atoms with E-state index in [1.165, 1.54) is 12.1 Å². The van der Waals surface area contributed by atoms with Crippen LogP contribution in [0.3, 0.4) is 0 Å². The normalized spacial score (nSPS) is 11.4. The van der Waals surface area contributed by atoms with Gasteiger partial charge in [0.15, 0.2) is 5.82 Å². The number of nitrogens with zero attached hydrogens (tertiary/aromatic N) is 1. The van der Waals surface area contributed by atoms with Crippen LogP contribution in [0.1, 0.15) is 11.3 Å². The van der Waals surface area contributed by atoms with Gasteiger partial charge in [-0.05, 0) is 32.0 Å². The summed E-state index contributed by atoms with van der Waals surface area (Å²) < 4.78 is 26.6. The quantitative estimate of drug-likeness (QED) is 0.731. The number of nitrogens with one attached hydrogen (secondary N) is 2. The average molecular weight is 266 g/mol. The van der Waals surface area contributed by atoms with Crippen LogP contribution in [0.5, 0.6) is 0 Å². The third-order valence-corrected chi connectivity index (χ3v) is 3.99. The second-order valence-electron chi connectivity index (χ2n) is 4.00. The third-order valence-electron chi connectivity index (χ3n) is 2.65. The van der Waals surface area contributed by atoms with E-state index in [1.807, 2.05) is 6.92 Å². The van der Waals surface area contributed by atoms with Gasteiger partial charge in [-0.25, -0.2) is 8.42 Å². The molecule has 0 aliphatic rings. The number of H-pyrrole nitrogens is 1. The topological polar surface area (TPSA) is 101 Å². The zero-order chi connectivity index (χ0) is 13.3. The minimum atomic E-state index is -3.66. The van der Waals surface area contributed by atoms with Crippen molar-refractivity contribution in [2.24, 2.45) is 0 Å². The maximum Gasteiger partial charge on any atom is 0.263 e. The van der Waals surface area contributed by atoms with Crippen molar-refractivity contribution < 1.29 is 8.42 Å². The number of nitrogens with two attached hydrogens (primary N) is 1. The van der Waals surface area contributed by atoms with E-state index in [-0.39, 0.29) is 4.90 Å². The van der Waals surface area contributed by atoms with E-state index in [4.69, 9.17) is 5.73 Å². The molecule has 4 N–H and O–H groups in total. The van der Waals surface area contributed by atoms with Crippen molar-refractivity contribution in [2.75, 3.05) is 10.5 Å². The number of nitrogen functional groups attached to an aromatic ring is 1. The molecule has 0 amide bonds. The summed E-state index contributed by atoms with van der Waals surface area (Å²) in [6.45, 7) is 3.61. The number of sulfonamides is 1. The lowest BCUT2D eigenvalue weighted by Gasteiger charge is -2.06. The zero-order valence-corrected chi connectivity index (χ0v) is 10.9. The Morgan fingerprint density at radius 2 is 2.06 bits per heavy atom. The molecule has 0 aliphatic carbocycles. The molecular weight excluding hydrogens is 252 g/mol. The number of aromatic amines is 1. The maximum absolute atomic E-state index is 12.1. The highest BCUT2D eigenvalue weighted by molar-refractivity contribution is 7.92. The van der Waals surface area contributed by atoms with Gasteiger partial charge in [0.05, 0.1) is 4.90 Å². The average Bonchev–Trinajstić information content (AvgIpc) is 2.61. The number of aromatic nitrogens is 2. The molecule has 0 fully saturated rings.